The summed E-state index contributed by atoms with van der Waals surface area (Å²) in [4.78, 5) is 3.18. The number of halogens is 2. The van der Waals surface area contributed by atoms with Gasteiger partial charge in [0.2, 0.25) is 0 Å². The van der Waals surface area contributed by atoms with Crippen LogP contribution in [-0.4, -0.2) is 20.0 Å². The molecule has 2 N–H and O–H groups in total. The van der Waals surface area contributed by atoms with E-state index in [9.17, 15) is 4.39 Å². The minimum atomic E-state index is -0.486. The number of fused-ring (bicyclic) bond motifs is 4. The summed E-state index contributed by atoms with van der Waals surface area (Å²) in [7, 11) is 1.83. The van der Waals surface area contributed by atoms with Crippen LogP contribution in [0.3, 0.4) is 0 Å². The Morgan fingerprint density at radius 1 is 1.07 bits per heavy atom. The zero-order chi connectivity index (χ0) is 20.7. The van der Waals surface area contributed by atoms with E-state index in [2.05, 4.69) is 20.6 Å². The van der Waals surface area contributed by atoms with Crippen molar-refractivity contribution in [1.29, 1.82) is 0 Å². The van der Waals surface area contributed by atoms with Crippen molar-refractivity contribution in [1.82, 2.24) is 20.0 Å². The fourth-order valence-electron chi connectivity index (χ4n) is 4.49. The Morgan fingerprint density at radius 3 is 2.59 bits per heavy atom. The van der Waals surface area contributed by atoms with Gasteiger partial charge in [0.15, 0.2) is 0 Å². The maximum absolute atomic E-state index is 15.4. The first-order valence-corrected chi connectivity index (χ1v) is 9.48. The maximum atomic E-state index is 15.4. The van der Waals surface area contributed by atoms with Gasteiger partial charge in [0.25, 0.3) is 0 Å². The van der Waals surface area contributed by atoms with E-state index < -0.39 is 17.2 Å². The molecule has 0 atom stereocenters. The van der Waals surface area contributed by atoms with E-state index in [1.165, 1.54) is 18.2 Å². The van der Waals surface area contributed by atoms with Crippen LogP contribution in [0.5, 0.6) is 0 Å². The summed E-state index contributed by atoms with van der Waals surface area (Å²) in [6.07, 6.45) is 1.81. The molecular weight excluding hydrogens is 372 g/mol. The van der Waals surface area contributed by atoms with Crippen LogP contribution in [-0.2, 0) is 12.6 Å². The molecule has 2 aromatic carbocycles. The summed E-state index contributed by atoms with van der Waals surface area (Å²) in [5.74, 6) is -0.795. The highest BCUT2D eigenvalue weighted by atomic mass is 19.1. The fraction of sp³-hybridized carbons (Fsp3) is 0.273. The maximum Gasteiger partial charge on any atom is 0.133 e. The lowest BCUT2D eigenvalue weighted by Crippen LogP contribution is -2.33. The van der Waals surface area contributed by atoms with Gasteiger partial charge in [-0.25, -0.2) is 13.5 Å². The molecule has 1 aliphatic heterocycles. The van der Waals surface area contributed by atoms with E-state index in [1.54, 1.807) is 4.68 Å². The van der Waals surface area contributed by atoms with Gasteiger partial charge in [-0.15, -0.1) is 5.10 Å². The number of hydrogen-bond acceptors (Lipinski definition) is 3. The van der Waals surface area contributed by atoms with Gasteiger partial charge in [-0.2, -0.15) is 0 Å². The number of benzene rings is 2. The van der Waals surface area contributed by atoms with Gasteiger partial charge < -0.3 is 10.3 Å². The minimum absolute atomic E-state index is 0.378. The second-order valence-electron chi connectivity index (χ2n) is 8.29. The zero-order valence-electron chi connectivity index (χ0n) is 16.9. The molecule has 0 bridgehead atoms. The zero-order valence-corrected chi connectivity index (χ0v) is 16.9. The van der Waals surface area contributed by atoms with Gasteiger partial charge in [0, 0.05) is 41.0 Å². The molecule has 0 radical (unpaired) electrons. The largest absolute Gasteiger partial charge is 0.374 e. The van der Waals surface area contributed by atoms with Crippen molar-refractivity contribution in [3.8, 4) is 22.4 Å². The van der Waals surface area contributed by atoms with Crippen molar-refractivity contribution in [2.24, 2.45) is 7.05 Å². The van der Waals surface area contributed by atoms with E-state index in [1.807, 2.05) is 40.9 Å². The van der Waals surface area contributed by atoms with E-state index >= 15 is 4.39 Å². The van der Waals surface area contributed by atoms with Crippen molar-refractivity contribution in [2.75, 3.05) is 5.32 Å². The van der Waals surface area contributed by atoms with E-state index in [-0.39, 0.29) is 0 Å². The third kappa shape index (κ3) is 2.36. The average molecular weight is 393 g/mol. The summed E-state index contributed by atoms with van der Waals surface area (Å²) in [6, 6.07) is 4.35. The molecule has 148 valence electrons. The molecule has 3 heterocycles. The Labute approximate surface area is 166 Å². The molecule has 0 amide bonds. The predicted octanol–water partition coefficient (Wildman–Crippen LogP) is 5.19. The number of aromatic nitrogens is 4. The normalized spacial score (nSPS) is 14.6. The molecule has 5 rings (SSSR count). The van der Waals surface area contributed by atoms with Crippen molar-refractivity contribution < 1.29 is 8.78 Å². The average Bonchev–Trinajstić information content (AvgIpc) is 3.19. The van der Waals surface area contributed by atoms with Gasteiger partial charge in [0.05, 0.1) is 16.7 Å². The molecule has 0 aliphatic carbocycles. The Morgan fingerprint density at radius 2 is 1.83 bits per heavy atom. The van der Waals surface area contributed by atoms with Gasteiger partial charge >= 0.3 is 0 Å². The highest BCUT2D eigenvalue weighted by molar-refractivity contribution is 5.99. The second kappa shape index (κ2) is 5.65. The van der Waals surface area contributed by atoms with Crippen molar-refractivity contribution in [3.05, 3.63) is 52.9 Å². The SMILES string of the molecule is Cc1c(-c2cc(F)cc3c(C)c[nH]c23)c(F)cc2c1-c1c(nnn1C)C(C)(C)N2. The Kier molecular flexibility index (Phi) is 3.48. The number of aromatic amines is 1. The van der Waals surface area contributed by atoms with Gasteiger partial charge in [-0.3, -0.25) is 0 Å². The molecule has 7 heteroatoms. The smallest absolute Gasteiger partial charge is 0.133 e. The third-order valence-corrected chi connectivity index (χ3v) is 5.86. The van der Waals surface area contributed by atoms with Crippen LogP contribution in [0.1, 0.15) is 30.7 Å². The molecule has 0 unspecified atom stereocenters. The molecule has 0 spiro atoms. The van der Waals surface area contributed by atoms with Crippen LogP contribution in [0.4, 0.5) is 14.5 Å². The quantitative estimate of drug-likeness (QED) is 0.468. The number of H-pyrrole nitrogens is 1. The molecule has 0 fully saturated rings. The Balaban J connectivity index is 1.88. The molecular formula is C22H21F2N5. The van der Waals surface area contributed by atoms with Crippen molar-refractivity contribution in [3.63, 3.8) is 0 Å². The lowest BCUT2D eigenvalue weighted by atomic mass is 9.84. The van der Waals surface area contributed by atoms with Gasteiger partial charge in [-0.1, -0.05) is 5.21 Å². The number of hydrogen-bond donors (Lipinski definition) is 2. The summed E-state index contributed by atoms with van der Waals surface area (Å²) >= 11 is 0. The number of aryl methyl sites for hydroxylation is 2. The molecule has 5 nitrogen and oxygen atoms in total. The molecule has 29 heavy (non-hydrogen) atoms. The van der Waals surface area contributed by atoms with Crippen LogP contribution in [0.2, 0.25) is 0 Å². The first-order chi connectivity index (χ1) is 13.7. The van der Waals surface area contributed by atoms with Crippen LogP contribution in [0.25, 0.3) is 33.3 Å². The summed E-state index contributed by atoms with van der Waals surface area (Å²) < 4.78 is 31.6. The Hall–Kier alpha value is -3.22. The highest BCUT2D eigenvalue weighted by Gasteiger charge is 2.37. The van der Waals surface area contributed by atoms with Crippen LogP contribution in [0, 0.1) is 25.5 Å². The van der Waals surface area contributed by atoms with E-state index in [0.717, 1.165) is 33.4 Å². The minimum Gasteiger partial charge on any atom is -0.374 e. The van der Waals surface area contributed by atoms with Gasteiger partial charge in [-0.05, 0) is 57.0 Å². The summed E-state index contributed by atoms with van der Waals surface area (Å²) in [5, 5.41) is 12.7. The van der Waals surface area contributed by atoms with Crippen LogP contribution < -0.4 is 5.32 Å². The van der Waals surface area contributed by atoms with Gasteiger partial charge in [0.1, 0.15) is 17.3 Å². The van der Waals surface area contributed by atoms with Crippen LogP contribution >= 0.6 is 0 Å². The molecule has 2 aromatic heterocycles. The number of nitrogens with zero attached hydrogens (tertiary/aromatic N) is 3. The Bertz CT molecular complexity index is 1310. The van der Waals surface area contributed by atoms with Crippen molar-refractivity contribution in [2.45, 2.75) is 33.2 Å². The molecule has 0 saturated carbocycles. The predicted molar refractivity (Wildman–Crippen MR) is 110 cm³/mol. The highest BCUT2D eigenvalue weighted by Crippen LogP contribution is 2.47. The third-order valence-electron chi connectivity index (χ3n) is 5.86. The topological polar surface area (TPSA) is 58.5 Å². The lowest BCUT2D eigenvalue weighted by molar-refractivity contribution is 0.578. The number of anilines is 1. The summed E-state index contributed by atoms with van der Waals surface area (Å²) in [5.41, 5.74) is 5.91. The summed E-state index contributed by atoms with van der Waals surface area (Å²) in [6.45, 7) is 7.74. The number of rotatable bonds is 1. The molecule has 1 aliphatic rings. The fourth-order valence-corrected chi connectivity index (χ4v) is 4.49. The molecule has 4 aromatic rings. The monoisotopic (exact) mass is 393 g/mol. The van der Waals surface area contributed by atoms with Crippen molar-refractivity contribution >= 4 is 16.6 Å². The second-order valence-corrected chi connectivity index (χ2v) is 8.29. The standard InChI is InChI=1S/C22H21F2N5/c1-10-9-25-19-13(10)6-12(23)7-14(19)17-11(2)18-16(8-15(17)24)26-22(3,4)21-20(18)29(5)28-27-21/h6-9,25-26H,1-5H3. The molecule has 0 saturated heterocycles. The van der Waals surface area contributed by atoms with E-state index in [0.29, 0.717) is 22.4 Å². The first-order valence-electron chi connectivity index (χ1n) is 9.48. The number of nitrogens with one attached hydrogen (secondary N) is 2. The van der Waals surface area contributed by atoms with E-state index in [4.69, 9.17) is 0 Å². The van der Waals surface area contributed by atoms with Crippen LogP contribution in [0.15, 0.2) is 24.4 Å². The first kappa shape index (κ1) is 17.8. The lowest BCUT2D eigenvalue weighted by Gasteiger charge is -2.34.